The lowest BCUT2D eigenvalue weighted by atomic mass is 9.53. The first-order chi connectivity index (χ1) is 19.9. The van der Waals surface area contributed by atoms with Crippen LogP contribution in [0, 0.1) is 17.8 Å². The SMILES string of the molecule is O=C1CCC(N2C(=O)c3cccc4c(NC(=O)c5nc(CNC67CC8CC(CC(C8)C6)C7)cs5)ccc2c34)C(=O)N1. The Kier molecular flexibility index (Phi) is 5.63. The number of piperidine rings is 1. The molecular weight excluding hydrogens is 538 g/mol. The van der Waals surface area contributed by atoms with E-state index in [9.17, 15) is 19.2 Å². The lowest BCUT2D eigenvalue weighted by Crippen LogP contribution is -2.58. The van der Waals surface area contributed by atoms with Gasteiger partial charge in [-0.05, 0) is 80.9 Å². The van der Waals surface area contributed by atoms with Gasteiger partial charge in [0, 0.05) is 45.9 Å². The summed E-state index contributed by atoms with van der Waals surface area (Å²) in [4.78, 5) is 57.1. The highest BCUT2D eigenvalue weighted by atomic mass is 32.1. The van der Waals surface area contributed by atoms with Crippen molar-refractivity contribution in [1.29, 1.82) is 0 Å². The Bertz CT molecular complexity index is 1610. The Labute approximate surface area is 241 Å². The summed E-state index contributed by atoms with van der Waals surface area (Å²) in [6, 6.07) is 8.15. The number of benzene rings is 2. The smallest absolute Gasteiger partial charge is 0.284 e. The summed E-state index contributed by atoms with van der Waals surface area (Å²) < 4.78 is 0. The van der Waals surface area contributed by atoms with E-state index in [2.05, 4.69) is 20.9 Å². The Morgan fingerprint density at radius 1 is 1.05 bits per heavy atom. The summed E-state index contributed by atoms with van der Waals surface area (Å²) >= 11 is 1.34. The zero-order valence-corrected chi connectivity index (χ0v) is 23.4. The van der Waals surface area contributed by atoms with Crippen LogP contribution in [0.2, 0.25) is 0 Å². The van der Waals surface area contributed by atoms with Crippen molar-refractivity contribution in [3.8, 4) is 0 Å². The molecule has 0 radical (unpaired) electrons. The van der Waals surface area contributed by atoms with E-state index in [4.69, 9.17) is 0 Å². The second-order valence-corrected chi connectivity index (χ2v) is 13.5. The van der Waals surface area contributed by atoms with E-state index in [1.54, 1.807) is 24.3 Å². The van der Waals surface area contributed by atoms with Crippen molar-refractivity contribution < 1.29 is 19.2 Å². The lowest BCUT2D eigenvalue weighted by molar-refractivity contribution is -0.134. The normalized spacial score (nSPS) is 29.9. The summed E-state index contributed by atoms with van der Waals surface area (Å²) in [5, 5.41) is 13.0. The van der Waals surface area contributed by atoms with Gasteiger partial charge in [-0.2, -0.15) is 0 Å². The van der Waals surface area contributed by atoms with E-state index in [0.29, 0.717) is 33.9 Å². The minimum atomic E-state index is -0.753. The van der Waals surface area contributed by atoms with Crippen LogP contribution >= 0.6 is 11.3 Å². The highest BCUT2D eigenvalue weighted by Crippen LogP contribution is 2.55. The van der Waals surface area contributed by atoms with Crippen LogP contribution in [0.4, 0.5) is 11.4 Å². The minimum absolute atomic E-state index is 0.182. The number of imide groups is 1. The molecule has 2 aromatic carbocycles. The monoisotopic (exact) mass is 569 g/mol. The highest BCUT2D eigenvalue weighted by molar-refractivity contribution is 7.11. The zero-order chi connectivity index (χ0) is 27.9. The third-order valence-corrected chi connectivity index (χ3v) is 10.8. The number of hydrogen-bond donors (Lipinski definition) is 3. The molecule has 3 heterocycles. The molecule has 2 aliphatic heterocycles. The van der Waals surface area contributed by atoms with Crippen molar-refractivity contribution in [3.05, 3.63) is 52.0 Å². The molecule has 3 aromatic rings. The number of amides is 4. The number of nitrogens with one attached hydrogen (secondary N) is 3. The van der Waals surface area contributed by atoms with Crippen LogP contribution < -0.4 is 20.9 Å². The van der Waals surface area contributed by atoms with Crippen LogP contribution in [0.25, 0.3) is 10.8 Å². The molecule has 1 aromatic heterocycles. The van der Waals surface area contributed by atoms with Crippen molar-refractivity contribution in [1.82, 2.24) is 15.6 Å². The maximum absolute atomic E-state index is 13.4. The molecule has 10 heteroatoms. The summed E-state index contributed by atoms with van der Waals surface area (Å²) in [5.74, 6) is 1.25. The van der Waals surface area contributed by atoms with E-state index in [1.165, 1.54) is 54.8 Å². The Morgan fingerprint density at radius 3 is 2.54 bits per heavy atom. The number of anilines is 2. The number of aromatic nitrogens is 1. The first-order valence-corrected chi connectivity index (χ1v) is 15.5. The molecule has 1 saturated heterocycles. The molecule has 1 unspecified atom stereocenters. The van der Waals surface area contributed by atoms with Gasteiger partial charge < -0.3 is 10.6 Å². The van der Waals surface area contributed by atoms with Gasteiger partial charge >= 0.3 is 0 Å². The molecule has 0 spiro atoms. The summed E-state index contributed by atoms with van der Waals surface area (Å²) in [7, 11) is 0. The maximum atomic E-state index is 13.4. The van der Waals surface area contributed by atoms with Crippen molar-refractivity contribution in [2.75, 3.05) is 10.2 Å². The average Bonchev–Trinajstić information content (AvgIpc) is 3.53. The van der Waals surface area contributed by atoms with Gasteiger partial charge in [0.1, 0.15) is 6.04 Å². The van der Waals surface area contributed by atoms with E-state index >= 15 is 0 Å². The van der Waals surface area contributed by atoms with Crippen molar-refractivity contribution in [2.45, 2.75) is 69.5 Å². The standard InChI is InChI=1S/C31H31N5O4S/c37-25-7-6-24(27(38)35-25)36-23-5-4-22(20-2-1-3-21(26(20)23)30(36)40)34-28(39)29-33-19(15-41-29)14-32-31-11-16-8-17(12-31)10-18(9-16)13-31/h1-5,15-18,24,32H,6-14H2,(H,34,39)(H,35,37,38). The predicted molar refractivity (Wildman–Crippen MR) is 155 cm³/mol. The number of carbonyl (C=O) groups excluding carboxylic acids is 4. The molecule has 6 aliphatic rings. The van der Waals surface area contributed by atoms with Crippen molar-refractivity contribution in [3.63, 3.8) is 0 Å². The van der Waals surface area contributed by atoms with Gasteiger partial charge in [0.25, 0.3) is 11.8 Å². The predicted octanol–water partition coefficient (Wildman–Crippen LogP) is 4.37. The summed E-state index contributed by atoms with van der Waals surface area (Å²) in [6.45, 7) is 0.676. The summed E-state index contributed by atoms with van der Waals surface area (Å²) in [5.41, 5.74) is 2.80. The van der Waals surface area contributed by atoms with Gasteiger partial charge in [0.05, 0.1) is 11.4 Å². The third kappa shape index (κ3) is 4.10. The molecular formula is C31H31N5O4S. The molecule has 3 N–H and O–H groups in total. The van der Waals surface area contributed by atoms with E-state index in [1.807, 2.05) is 11.4 Å². The molecule has 4 saturated carbocycles. The van der Waals surface area contributed by atoms with Crippen molar-refractivity contribution >= 4 is 57.1 Å². The molecule has 9 rings (SSSR count). The van der Waals surface area contributed by atoms with Gasteiger partial charge in [0.2, 0.25) is 11.8 Å². The number of thiazole rings is 1. The Hall–Kier alpha value is -3.63. The third-order valence-electron chi connectivity index (χ3n) is 9.93. The second-order valence-electron chi connectivity index (χ2n) is 12.7. The lowest BCUT2D eigenvalue weighted by Gasteiger charge is -2.57. The molecule has 41 heavy (non-hydrogen) atoms. The molecule has 9 nitrogen and oxygen atoms in total. The molecule has 4 bridgehead atoms. The van der Waals surface area contributed by atoms with Gasteiger partial charge in [-0.1, -0.05) is 12.1 Å². The fourth-order valence-electron chi connectivity index (χ4n) is 8.63. The molecule has 5 fully saturated rings. The van der Waals surface area contributed by atoms with Crippen LogP contribution in [0.15, 0.2) is 35.7 Å². The topological polar surface area (TPSA) is 120 Å². The quantitative estimate of drug-likeness (QED) is 0.379. The average molecular weight is 570 g/mol. The fourth-order valence-corrected chi connectivity index (χ4v) is 9.34. The highest BCUT2D eigenvalue weighted by Gasteiger charge is 2.50. The second kappa shape index (κ2) is 9.19. The molecule has 1 atom stereocenters. The molecule has 4 aliphatic carbocycles. The van der Waals surface area contributed by atoms with E-state index < -0.39 is 11.9 Å². The number of rotatable bonds is 6. The van der Waals surface area contributed by atoms with Crippen LogP contribution in [0.1, 0.15) is 77.2 Å². The van der Waals surface area contributed by atoms with Gasteiger partial charge in [-0.3, -0.25) is 29.4 Å². The number of hydrogen-bond acceptors (Lipinski definition) is 7. The first-order valence-electron chi connectivity index (χ1n) is 14.6. The van der Waals surface area contributed by atoms with Crippen molar-refractivity contribution in [2.24, 2.45) is 17.8 Å². The van der Waals surface area contributed by atoms with Gasteiger partial charge in [0.15, 0.2) is 5.01 Å². The first kappa shape index (κ1) is 25.1. The summed E-state index contributed by atoms with van der Waals surface area (Å²) in [6.07, 6.45) is 8.48. The minimum Gasteiger partial charge on any atom is -0.319 e. The van der Waals surface area contributed by atoms with E-state index in [0.717, 1.165) is 28.8 Å². The van der Waals surface area contributed by atoms with Crippen LogP contribution in [0.5, 0.6) is 0 Å². The van der Waals surface area contributed by atoms with Gasteiger partial charge in [-0.25, -0.2) is 4.98 Å². The fraction of sp³-hybridized carbons (Fsp3) is 0.452. The van der Waals surface area contributed by atoms with E-state index in [-0.39, 0.29) is 36.1 Å². The Morgan fingerprint density at radius 2 is 1.80 bits per heavy atom. The maximum Gasteiger partial charge on any atom is 0.284 e. The van der Waals surface area contributed by atoms with Gasteiger partial charge in [-0.15, -0.1) is 11.3 Å². The Balaban J connectivity index is 1.00. The molecule has 4 amide bonds. The largest absolute Gasteiger partial charge is 0.319 e. The number of nitrogens with zero attached hydrogens (tertiary/aromatic N) is 2. The number of carbonyl (C=O) groups is 4. The van der Waals surface area contributed by atoms with Crippen LogP contribution in [-0.2, 0) is 16.1 Å². The zero-order valence-electron chi connectivity index (χ0n) is 22.6. The van der Waals surface area contributed by atoms with Crippen LogP contribution in [0.3, 0.4) is 0 Å². The van der Waals surface area contributed by atoms with Crippen LogP contribution in [-0.4, -0.2) is 40.2 Å². The molecule has 210 valence electrons.